The lowest BCUT2D eigenvalue weighted by Gasteiger charge is -1.98. The standard InChI is InChI=1S/C8H7N3O2/c9-4-6-1-5(3-8(12)13)2-7(10)11-6/h1-2H,3H2,(H2,10,11)(H,12,13). The first kappa shape index (κ1) is 9.00. The third-order valence-corrected chi connectivity index (χ3v) is 1.37. The first-order valence-corrected chi connectivity index (χ1v) is 3.50. The summed E-state index contributed by atoms with van der Waals surface area (Å²) in [7, 11) is 0. The van der Waals surface area contributed by atoms with E-state index < -0.39 is 5.97 Å². The molecule has 5 heteroatoms. The van der Waals surface area contributed by atoms with E-state index in [4.69, 9.17) is 16.1 Å². The van der Waals surface area contributed by atoms with E-state index in [1.54, 1.807) is 6.07 Å². The number of nitrogen functional groups attached to an aromatic ring is 1. The van der Waals surface area contributed by atoms with Crippen LogP contribution in [-0.2, 0) is 11.2 Å². The topological polar surface area (TPSA) is 100 Å². The molecule has 1 aromatic heterocycles. The highest BCUT2D eigenvalue weighted by atomic mass is 16.4. The third-order valence-electron chi connectivity index (χ3n) is 1.37. The minimum atomic E-state index is -0.963. The van der Waals surface area contributed by atoms with Crippen LogP contribution in [0.2, 0.25) is 0 Å². The summed E-state index contributed by atoms with van der Waals surface area (Å²) < 4.78 is 0. The van der Waals surface area contributed by atoms with Crippen LogP contribution in [0.1, 0.15) is 11.3 Å². The predicted octanol–water partition coefficient (Wildman–Crippen LogP) is 0.163. The summed E-state index contributed by atoms with van der Waals surface area (Å²) in [6.45, 7) is 0. The second kappa shape index (κ2) is 3.54. The van der Waals surface area contributed by atoms with Crippen molar-refractivity contribution < 1.29 is 9.90 Å². The molecule has 3 N–H and O–H groups in total. The van der Waals surface area contributed by atoms with Gasteiger partial charge in [-0.05, 0) is 17.7 Å². The van der Waals surface area contributed by atoms with Gasteiger partial charge < -0.3 is 10.8 Å². The van der Waals surface area contributed by atoms with E-state index in [0.29, 0.717) is 5.56 Å². The summed E-state index contributed by atoms with van der Waals surface area (Å²) in [6.07, 6.45) is -0.151. The van der Waals surface area contributed by atoms with Crippen LogP contribution in [-0.4, -0.2) is 16.1 Å². The SMILES string of the molecule is N#Cc1cc(CC(=O)O)cc(N)n1. The summed E-state index contributed by atoms with van der Waals surface area (Å²) >= 11 is 0. The zero-order chi connectivity index (χ0) is 9.84. The summed E-state index contributed by atoms with van der Waals surface area (Å²) in [5, 5.41) is 17.0. The zero-order valence-electron chi connectivity index (χ0n) is 6.69. The number of aliphatic carboxylic acids is 1. The molecule has 0 saturated heterocycles. The fraction of sp³-hybridized carbons (Fsp3) is 0.125. The van der Waals surface area contributed by atoms with Gasteiger partial charge in [0.1, 0.15) is 17.6 Å². The monoisotopic (exact) mass is 177 g/mol. The third kappa shape index (κ3) is 2.45. The molecule has 0 aromatic carbocycles. The van der Waals surface area contributed by atoms with E-state index in [0.717, 1.165) is 0 Å². The molecule has 0 fully saturated rings. The van der Waals surface area contributed by atoms with Crippen molar-refractivity contribution in [2.45, 2.75) is 6.42 Å². The van der Waals surface area contributed by atoms with Gasteiger partial charge in [-0.3, -0.25) is 4.79 Å². The number of carboxylic acid groups (broad SMARTS) is 1. The molecule has 0 unspecified atom stereocenters. The Bertz CT molecular complexity index is 381. The molecule has 13 heavy (non-hydrogen) atoms. The van der Waals surface area contributed by atoms with Crippen LogP contribution in [0.3, 0.4) is 0 Å². The molecule has 1 heterocycles. The van der Waals surface area contributed by atoms with Crippen molar-refractivity contribution in [2.75, 3.05) is 5.73 Å². The molecule has 66 valence electrons. The fourth-order valence-corrected chi connectivity index (χ4v) is 0.945. The second-order valence-corrected chi connectivity index (χ2v) is 2.47. The van der Waals surface area contributed by atoms with Crippen LogP contribution in [0.25, 0.3) is 0 Å². The molecule has 5 nitrogen and oxygen atoms in total. The molecule has 0 bridgehead atoms. The van der Waals surface area contributed by atoms with E-state index >= 15 is 0 Å². The van der Waals surface area contributed by atoms with Gasteiger partial charge >= 0.3 is 5.97 Å². The lowest BCUT2D eigenvalue weighted by molar-refractivity contribution is -0.136. The number of nitriles is 1. The maximum Gasteiger partial charge on any atom is 0.307 e. The Hall–Kier alpha value is -2.09. The molecule has 0 amide bonds. The number of rotatable bonds is 2. The number of pyridine rings is 1. The van der Waals surface area contributed by atoms with Gasteiger partial charge in [-0.25, -0.2) is 4.98 Å². The van der Waals surface area contributed by atoms with Crippen molar-refractivity contribution in [1.29, 1.82) is 5.26 Å². The van der Waals surface area contributed by atoms with Gasteiger partial charge in [0.2, 0.25) is 0 Å². The number of carbonyl (C=O) groups is 1. The summed E-state index contributed by atoms with van der Waals surface area (Å²) in [6, 6.07) is 4.64. The van der Waals surface area contributed by atoms with Gasteiger partial charge in [-0.15, -0.1) is 0 Å². The lowest BCUT2D eigenvalue weighted by atomic mass is 10.1. The molecule has 0 radical (unpaired) electrons. The van der Waals surface area contributed by atoms with Gasteiger partial charge in [-0.2, -0.15) is 5.26 Å². The number of anilines is 1. The van der Waals surface area contributed by atoms with E-state index in [2.05, 4.69) is 4.98 Å². The number of aromatic nitrogens is 1. The molecule has 0 saturated carbocycles. The van der Waals surface area contributed by atoms with Crippen LogP contribution < -0.4 is 5.73 Å². The zero-order valence-corrected chi connectivity index (χ0v) is 6.69. The van der Waals surface area contributed by atoms with E-state index in [9.17, 15) is 4.79 Å². The van der Waals surface area contributed by atoms with Gasteiger partial charge in [0, 0.05) is 0 Å². The molecule has 1 rings (SSSR count). The average Bonchev–Trinajstić information content (AvgIpc) is 2.01. The highest BCUT2D eigenvalue weighted by molar-refractivity contribution is 5.70. The van der Waals surface area contributed by atoms with Crippen LogP contribution >= 0.6 is 0 Å². The van der Waals surface area contributed by atoms with E-state index in [-0.39, 0.29) is 17.9 Å². The Morgan fingerprint density at radius 2 is 2.38 bits per heavy atom. The Kier molecular flexibility index (Phi) is 2.45. The number of nitrogens with two attached hydrogens (primary N) is 1. The van der Waals surface area contributed by atoms with E-state index in [1.807, 2.05) is 0 Å². The van der Waals surface area contributed by atoms with Crippen molar-refractivity contribution in [3.05, 3.63) is 23.4 Å². The van der Waals surface area contributed by atoms with Gasteiger partial charge in [-0.1, -0.05) is 0 Å². The molecule has 0 aliphatic rings. The molecule has 1 aromatic rings. The average molecular weight is 177 g/mol. The van der Waals surface area contributed by atoms with Crippen molar-refractivity contribution >= 4 is 11.8 Å². The summed E-state index contributed by atoms with van der Waals surface area (Å²) in [4.78, 5) is 14.0. The largest absolute Gasteiger partial charge is 0.481 e. The number of hydrogen-bond acceptors (Lipinski definition) is 4. The van der Waals surface area contributed by atoms with E-state index in [1.165, 1.54) is 12.1 Å². The molecule has 0 aliphatic carbocycles. The second-order valence-electron chi connectivity index (χ2n) is 2.47. The molecule has 0 aliphatic heterocycles. The Labute approximate surface area is 74.4 Å². The predicted molar refractivity (Wildman–Crippen MR) is 44.7 cm³/mol. The van der Waals surface area contributed by atoms with Crippen molar-refractivity contribution in [3.63, 3.8) is 0 Å². The van der Waals surface area contributed by atoms with Crippen LogP contribution in [0, 0.1) is 11.3 Å². The summed E-state index contributed by atoms with van der Waals surface area (Å²) in [5.74, 6) is -0.801. The van der Waals surface area contributed by atoms with Gasteiger partial charge in [0.15, 0.2) is 0 Å². The smallest absolute Gasteiger partial charge is 0.307 e. The maximum absolute atomic E-state index is 10.3. The van der Waals surface area contributed by atoms with Crippen LogP contribution in [0.15, 0.2) is 12.1 Å². The summed E-state index contributed by atoms with van der Waals surface area (Å²) in [5.41, 5.74) is 5.97. The fourth-order valence-electron chi connectivity index (χ4n) is 0.945. The minimum Gasteiger partial charge on any atom is -0.481 e. The first-order chi connectivity index (χ1) is 6.11. The number of hydrogen-bond donors (Lipinski definition) is 2. The number of carboxylic acids is 1. The quantitative estimate of drug-likeness (QED) is 0.670. The molecular formula is C8H7N3O2. The Balaban J connectivity index is 3.03. The van der Waals surface area contributed by atoms with Gasteiger partial charge in [0.05, 0.1) is 6.42 Å². The van der Waals surface area contributed by atoms with Crippen LogP contribution in [0.5, 0.6) is 0 Å². The molecule has 0 atom stereocenters. The van der Waals surface area contributed by atoms with Crippen molar-refractivity contribution in [1.82, 2.24) is 4.98 Å². The normalized spacial score (nSPS) is 9.15. The Morgan fingerprint density at radius 1 is 1.69 bits per heavy atom. The van der Waals surface area contributed by atoms with Crippen molar-refractivity contribution in [2.24, 2.45) is 0 Å². The first-order valence-electron chi connectivity index (χ1n) is 3.50. The van der Waals surface area contributed by atoms with Crippen LogP contribution in [0.4, 0.5) is 5.82 Å². The molecule has 0 spiro atoms. The highest BCUT2D eigenvalue weighted by Gasteiger charge is 2.03. The minimum absolute atomic E-state index is 0.135. The highest BCUT2D eigenvalue weighted by Crippen LogP contribution is 2.07. The van der Waals surface area contributed by atoms with Gasteiger partial charge in [0.25, 0.3) is 0 Å². The lowest BCUT2D eigenvalue weighted by Crippen LogP contribution is -2.02. The number of nitrogens with zero attached hydrogens (tertiary/aromatic N) is 2. The Morgan fingerprint density at radius 3 is 2.92 bits per heavy atom. The maximum atomic E-state index is 10.3. The molecular weight excluding hydrogens is 170 g/mol. The van der Waals surface area contributed by atoms with Crippen molar-refractivity contribution in [3.8, 4) is 6.07 Å².